The summed E-state index contributed by atoms with van der Waals surface area (Å²) in [6.07, 6.45) is 3.98. The van der Waals surface area contributed by atoms with Crippen molar-refractivity contribution in [2.75, 3.05) is 7.11 Å². The fraction of sp³-hybridized carbons (Fsp3) is 0.429. The number of Topliss-reactive ketones (excluding diaryl/α,β-unsaturated/α-hetero) is 1. The third-order valence-electron chi connectivity index (χ3n) is 7.77. The van der Waals surface area contributed by atoms with Gasteiger partial charge in [0.05, 0.1) is 18.9 Å². The molecule has 5 rings (SSSR count). The molecule has 1 fully saturated rings. The molecule has 0 aromatic heterocycles. The monoisotopic (exact) mass is 475 g/mol. The van der Waals surface area contributed by atoms with E-state index in [9.17, 15) is 24.3 Å². The van der Waals surface area contributed by atoms with Crippen LogP contribution in [0.3, 0.4) is 0 Å². The zero-order chi connectivity index (χ0) is 25.4. The first kappa shape index (κ1) is 23.3. The van der Waals surface area contributed by atoms with Gasteiger partial charge < -0.3 is 9.84 Å². The molecule has 7 nitrogen and oxygen atoms in total. The van der Waals surface area contributed by atoms with E-state index in [1.165, 1.54) is 18.1 Å². The predicted molar refractivity (Wildman–Crippen MR) is 128 cm³/mol. The number of phenolic OH excluding ortho intramolecular Hbond substituents is 1. The van der Waals surface area contributed by atoms with Crippen LogP contribution in [0.4, 0.5) is 0 Å². The Kier molecular flexibility index (Phi) is 5.16. The van der Waals surface area contributed by atoms with Gasteiger partial charge in [0.1, 0.15) is 0 Å². The molecule has 1 aromatic rings. The highest BCUT2D eigenvalue weighted by atomic mass is 16.5. The smallest absolute Gasteiger partial charge is 0.234 e. The molecule has 7 heteroatoms. The molecule has 1 aliphatic heterocycles. The first-order valence-corrected chi connectivity index (χ1v) is 11.9. The number of likely N-dealkylation sites (tertiary alicyclic amines) is 1. The molecule has 1 heterocycles. The van der Waals surface area contributed by atoms with E-state index in [2.05, 4.69) is 0 Å². The fourth-order valence-electron chi connectivity index (χ4n) is 6.29. The molecule has 4 unspecified atom stereocenters. The van der Waals surface area contributed by atoms with Gasteiger partial charge in [0.25, 0.3) is 0 Å². The van der Waals surface area contributed by atoms with Gasteiger partial charge >= 0.3 is 0 Å². The number of fused-ring (bicyclic) bond motifs is 3. The summed E-state index contributed by atoms with van der Waals surface area (Å²) in [5.74, 6) is -2.63. The highest BCUT2D eigenvalue weighted by Gasteiger charge is 2.58. The lowest BCUT2D eigenvalue weighted by atomic mass is 9.59. The van der Waals surface area contributed by atoms with E-state index in [1.807, 2.05) is 26.8 Å². The number of aromatic hydroxyl groups is 1. The Hall–Kier alpha value is -3.48. The van der Waals surface area contributed by atoms with Crippen LogP contribution < -0.4 is 4.74 Å². The van der Waals surface area contributed by atoms with Crippen LogP contribution in [0, 0.1) is 17.8 Å². The van der Waals surface area contributed by atoms with Crippen molar-refractivity contribution in [1.29, 1.82) is 0 Å². The lowest BCUT2D eigenvalue weighted by Gasteiger charge is -2.42. The second-order valence-electron chi connectivity index (χ2n) is 10.8. The molecule has 1 saturated heterocycles. The van der Waals surface area contributed by atoms with E-state index >= 15 is 0 Å². The number of benzene rings is 1. The number of carbonyl (C=O) groups is 4. The van der Waals surface area contributed by atoms with Crippen LogP contribution >= 0.6 is 0 Å². The van der Waals surface area contributed by atoms with E-state index in [0.717, 1.165) is 5.57 Å². The molecule has 182 valence electrons. The Morgan fingerprint density at radius 3 is 2.40 bits per heavy atom. The summed E-state index contributed by atoms with van der Waals surface area (Å²) >= 11 is 0. The minimum atomic E-state index is -0.650. The van der Waals surface area contributed by atoms with Gasteiger partial charge in [-0.3, -0.25) is 24.1 Å². The maximum Gasteiger partial charge on any atom is 0.234 e. The molecule has 4 aliphatic rings. The summed E-state index contributed by atoms with van der Waals surface area (Å²) < 4.78 is 5.19. The number of amides is 2. The lowest BCUT2D eigenvalue weighted by Crippen LogP contribution is -2.46. The van der Waals surface area contributed by atoms with Gasteiger partial charge in [0, 0.05) is 28.2 Å². The van der Waals surface area contributed by atoms with Crippen molar-refractivity contribution >= 4 is 23.4 Å². The highest BCUT2D eigenvalue weighted by molar-refractivity contribution is 6.23. The van der Waals surface area contributed by atoms with E-state index in [1.54, 1.807) is 25.1 Å². The number of hydrogen-bond donors (Lipinski definition) is 1. The van der Waals surface area contributed by atoms with Crippen molar-refractivity contribution in [3.63, 3.8) is 0 Å². The van der Waals surface area contributed by atoms with Crippen molar-refractivity contribution < 1.29 is 29.0 Å². The number of imide groups is 1. The number of rotatable bonds is 2. The standard InChI is InChI=1S/C28H29NO6/c1-13-10-19(30)18-12-17-15(7-8-16-23(17)27(34)29(26(16)33)28(2,3)4)22(24(18)25(13)32)14-6-9-21(35-5)20(31)11-14/h6-7,9-11,16-17,22-23,31H,8,12H2,1-5H3. The maximum absolute atomic E-state index is 13.6. The van der Waals surface area contributed by atoms with Gasteiger partial charge in [-0.2, -0.15) is 0 Å². The van der Waals surface area contributed by atoms with Crippen LogP contribution in [-0.4, -0.2) is 46.0 Å². The first-order valence-electron chi connectivity index (χ1n) is 11.9. The summed E-state index contributed by atoms with van der Waals surface area (Å²) in [4.78, 5) is 54.8. The van der Waals surface area contributed by atoms with Crippen molar-refractivity contribution in [1.82, 2.24) is 4.90 Å². The summed E-state index contributed by atoms with van der Waals surface area (Å²) in [6.45, 7) is 7.16. The minimum Gasteiger partial charge on any atom is -0.504 e. The van der Waals surface area contributed by atoms with Crippen LogP contribution in [-0.2, 0) is 19.2 Å². The third-order valence-corrected chi connectivity index (χ3v) is 7.77. The Bertz CT molecular complexity index is 1290. The summed E-state index contributed by atoms with van der Waals surface area (Å²) in [6, 6.07) is 4.96. The number of hydrogen-bond acceptors (Lipinski definition) is 6. The van der Waals surface area contributed by atoms with Crippen molar-refractivity contribution in [3.05, 3.63) is 58.2 Å². The molecule has 4 atom stereocenters. The van der Waals surface area contributed by atoms with Gasteiger partial charge in [0.2, 0.25) is 11.8 Å². The van der Waals surface area contributed by atoms with Gasteiger partial charge in [-0.25, -0.2) is 0 Å². The molecule has 1 aromatic carbocycles. The minimum absolute atomic E-state index is 0.0727. The highest BCUT2D eigenvalue weighted by Crippen LogP contribution is 2.56. The van der Waals surface area contributed by atoms with Crippen molar-refractivity contribution in [2.45, 2.75) is 52.0 Å². The zero-order valence-corrected chi connectivity index (χ0v) is 20.5. The van der Waals surface area contributed by atoms with Gasteiger partial charge in [-0.05, 0) is 70.2 Å². The third kappa shape index (κ3) is 3.32. The van der Waals surface area contributed by atoms with E-state index in [4.69, 9.17) is 4.74 Å². The number of methoxy groups -OCH3 is 1. The molecule has 0 saturated carbocycles. The topological polar surface area (TPSA) is 101 Å². The van der Waals surface area contributed by atoms with Gasteiger partial charge in [-0.1, -0.05) is 17.7 Å². The number of allylic oxidation sites excluding steroid dienone is 6. The Morgan fingerprint density at radius 2 is 1.77 bits per heavy atom. The molecule has 35 heavy (non-hydrogen) atoms. The molecule has 1 N–H and O–H groups in total. The summed E-state index contributed by atoms with van der Waals surface area (Å²) in [7, 11) is 1.46. The van der Waals surface area contributed by atoms with Crippen molar-refractivity contribution in [2.24, 2.45) is 17.8 Å². The lowest BCUT2D eigenvalue weighted by molar-refractivity contribution is -0.145. The van der Waals surface area contributed by atoms with Gasteiger partial charge in [-0.15, -0.1) is 0 Å². The quantitative estimate of drug-likeness (QED) is 0.398. The molecule has 2 amide bonds. The SMILES string of the molecule is COc1ccc(C2C3=CCC4C(=O)N(C(C)(C)C)C(=O)C4C3CC3=C2C(=O)C(C)=CC3=O)cc1O. The predicted octanol–water partition coefficient (Wildman–Crippen LogP) is 3.63. The molecular weight excluding hydrogens is 446 g/mol. The zero-order valence-electron chi connectivity index (χ0n) is 20.5. The van der Waals surface area contributed by atoms with Crippen LogP contribution in [0.15, 0.2) is 52.6 Å². The summed E-state index contributed by atoms with van der Waals surface area (Å²) in [5.41, 5.74) is 2.04. The maximum atomic E-state index is 13.6. The normalized spacial score (nSPS) is 28.4. The average Bonchev–Trinajstić information content (AvgIpc) is 3.06. The van der Waals surface area contributed by atoms with E-state index < -0.39 is 23.3 Å². The van der Waals surface area contributed by atoms with E-state index in [0.29, 0.717) is 34.5 Å². The first-order chi connectivity index (χ1) is 16.5. The van der Waals surface area contributed by atoms with Crippen molar-refractivity contribution in [3.8, 4) is 11.5 Å². The summed E-state index contributed by atoms with van der Waals surface area (Å²) in [5, 5.41) is 10.5. The van der Waals surface area contributed by atoms with Crippen LogP contribution in [0.25, 0.3) is 0 Å². The largest absolute Gasteiger partial charge is 0.504 e. The molecule has 0 spiro atoms. The fourth-order valence-corrected chi connectivity index (χ4v) is 6.29. The Morgan fingerprint density at radius 1 is 1.06 bits per heavy atom. The van der Waals surface area contributed by atoms with E-state index in [-0.39, 0.29) is 41.5 Å². The number of carbonyl (C=O) groups excluding carboxylic acids is 4. The Balaban J connectivity index is 1.69. The number of phenols is 1. The second kappa shape index (κ2) is 7.77. The van der Waals surface area contributed by atoms with Gasteiger partial charge in [0.15, 0.2) is 23.1 Å². The number of ketones is 2. The number of ether oxygens (including phenoxy) is 1. The van der Waals surface area contributed by atoms with Crippen LogP contribution in [0.2, 0.25) is 0 Å². The Labute approximate surface area is 204 Å². The molecule has 3 aliphatic carbocycles. The van der Waals surface area contributed by atoms with Crippen LogP contribution in [0.1, 0.15) is 52.0 Å². The average molecular weight is 476 g/mol. The second-order valence-corrected chi connectivity index (χ2v) is 10.8. The molecular formula is C28H29NO6. The number of nitrogens with zero attached hydrogens (tertiary/aromatic N) is 1. The molecule has 0 bridgehead atoms. The molecule has 0 radical (unpaired) electrons. The van der Waals surface area contributed by atoms with Crippen LogP contribution in [0.5, 0.6) is 11.5 Å².